The minimum Gasteiger partial charge on any atom is -0.350 e. The van der Waals surface area contributed by atoms with Crippen molar-refractivity contribution in [3.05, 3.63) is 35.4 Å². The first-order chi connectivity index (χ1) is 10.1. The molecule has 1 atom stereocenters. The van der Waals surface area contributed by atoms with E-state index in [1.807, 2.05) is 24.3 Å². The second-order valence-corrected chi connectivity index (χ2v) is 6.60. The van der Waals surface area contributed by atoms with Crippen molar-refractivity contribution in [2.24, 2.45) is 5.92 Å². The smallest absolute Gasteiger partial charge is 0.253 e. The van der Waals surface area contributed by atoms with Crippen LogP contribution in [0.2, 0.25) is 0 Å². The zero-order chi connectivity index (χ0) is 14.9. The predicted molar refractivity (Wildman–Crippen MR) is 81.9 cm³/mol. The number of carbonyl (C=O) groups is 1. The molecular formula is C17H24N2O2. The van der Waals surface area contributed by atoms with E-state index < -0.39 is 5.72 Å². The Balaban J connectivity index is 1.70. The van der Waals surface area contributed by atoms with Gasteiger partial charge in [0.25, 0.3) is 5.91 Å². The first-order valence-electron chi connectivity index (χ1n) is 7.85. The third kappa shape index (κ3) is 3.11. The minimum atomic E-state index is -0.507. The normalized spacial score (nSPS) is 26.0. The molecule has 4 heteroatoms. The van der Waals surface area contributed by atoms with Crippen LogP contribution >= 0.6 is 0 Å². The summed E-state index contributed by atoms with van der Waals surface area (Å²) in [4.78, 5) is 14.8. The summed E-state index contributed by atoms with van der Waals surface area (Å²) in [6, 6.07) is 7.70. The number of hydrogen-bond donors (Lipinski definition) is 1. The van der Waals surface area contributed by atoms with Crippen molar-refractivity contribution in [2.45, 2.75) is 39.0 Å². The highest BCUT2D eigenvalue weighted by molar-refractivity contribution is 5.96. The van der Waals surface area contributed by atoms with Crippen LogP contribution in [0.4, 0.5) is 0 Å². The van der Waals surface area contributed by atoms with E-state index in [2.05, 4.69) is 24.1 Å². The first kappa shape index (κ1) is 14.5. The van der Waals surface area contributed by atoms with Crippen molar-refractivity contribution in [1.29, 1.82) is 0 Å². The van der Waals surface area contributed by atoms with Crippen LogP contribution in [0.1, 0.15) is 42.6 Å². The molecule has 0 bridgehead atoms. The maximum Gasteiger partial charge on any atom is 0.253 e. The van der Waals surface area contributed by atoms with E-state index in [4.69, 9.17) is 4.74 Å². The Kier molecular flexibility index (Phi) is 4.00. The Hall–Kier alpha value is -1.39. The lowest BCUT2D eigenvalue weighted by Crippen LogP contribution is -2.51. The van der Waals surface area contributed by atoms with Crippen LogP contribution in [0.3, 0.4) is 0 Å². The molecule has 1 aromatic rings. The number of rotatable bonds is 3. The van der Waals surface area contributed by atoms with Gasteiger partial charge in [-0.2, -0.15) is 0 Å². The number of hydrogen-bond acceptors (Lipinski definition) is 3. The van der Waals surface area contributed by atoms with Crippen LogP contribution in [-0.2, 0) is 11.3 Å². The lowest BCUT2D eigenvalue weighted by atomic mass is 10.1. The van der Waals surface area contributed by atoms with Crippen molar-refractivity contribution in [3.8, 4) is 0 Å². The van der Waals surface area contributed by atoms with E-state index in [-0.39, 0.29) is 5.91 Å². The number of likely N-dealkylation sites (tertiary alicyclic amines) is 1. The van der Waals surface area contributed by atoms with Gasteiger partial charge in [0.2, 0.25) is 0 Å². The number of nitrogens with zero attached hydrogens (tertiary/aromatic N) is 1. The van der Waals surface area contributed by atoms with Crippen molar-refractivity contribution < 1.29 is 9.53 Å². The Morgan fingerprint density at radius 1 is 1.38 bits per heavy atom. The highest BCUT2D eigenvalue weighted by atomic mass is 16.5. The maximum atomic E-state index is 12.4. The monoisotopic (exact) mass is 288 g/mol. The van der Waals surface area contributed by atoms with Crippen LogP contribution in [0, 0.1) is 5.92 Å². The molecule has 1 amide bonds. The van der Waals surface area contributed by atoms with Gasteiger partial charge in [-0.25, -0.2) is 0 Å². The van der Waals surface area contributed by atoms with Crippen molar-refractivity contribution in [3.63, 3.8) is 0 Å². The largest absolute Gasteiger partial charge is 0.350 e. The van der Waals surface area contributed by atoms with Crippen LogP contribution in [-0.4, -0.2) is 36.2 Å². The Morgan fingerprint density at radius 2 is 2.19 bits per heavy atom. The summed E-state index contributed by atoms with van der Waals surface area (Å²) in [7, 11) is 0. The number of nitrogens with one attached hydrogen (secondary N) is 1. The summed E-state index contributed by atoms with van der Waals surface area (Å²) in [5.41, 5.74) is 1.22. The van der Waals surface area contributed by atoms with Gasteiger partial charge in [0.15, 0.2) is 5.72 Å². The molecule has 21 heavy (non-hydrogen) atoms. The summed E-state index contributed by atoms with van der Waals surface area (Å²) in [6.07, 6.45) is 2.05. The average molecular weight is 288 g/mol. The van der Waals surface area contributed by atoms with Crippen molar-refractivity contribution in [1.82, 2.24) is 10.2 Å². The molecule has 0 aromatic heterocycles. The first-order valence-corrected chi connectivity index (χ1v) is 7.85. The van der Waals surface area contributed by atoms with Gasteiger partial charge >= 0.3 is 0 Å². The molecule has 0 saturated carbocycles. The molecule has 114 valence electrons. The molecule has 1 fully saturated rings. The molecule has 1 spiro atoms. The zero-order valence-electron chi connectivity index (χ0n) is 12.9. The van der Waals surface area contributed by atoms with Crippen molar-refractivity contribution in [2.75, 3.05) is 19.6 Å². The number of carbonyl (C=O) groups excluding carboxylic acids is 1. The molecule has 4 nitrogen and oxygen atoms in total. The van der Waals surface area contributed by atoms with E-state index in [9.17, 15) is 4.79 Å². The maximum absolute atomic E-state index is 12.4. The molecule has 1 aromatic carbocycles. The fourth-order valence-electron chi connectivity index (χ4n) is 3.10. The van der Waals surface area contributed by atoms with Gasteiger partial charge in [0.05, 0.1) is 6.61 Å². The van der Waals surface area contributed by atoms with Gasteiger partial charge in [-0.1, -0.05) is 32.0 Å². The number of amides is 1. The minimum absolute atomic E-state index is 0.00573. The Labute approximate surface area is 126 Å². The summed E-state index contributed by atoms with van der Waals surface area (Å²) < 4.78 is 6.11. The van der Waals surface area contributed by atoms with Crippen LogP contribution < -0.4 is 5.32 Å². The fraction of sp³-hybridized carbons (Fsp3) is 0.588. The molecule has 0 radical (unpaired) electrons. The van der Waals surface area contributed by atoms with Gasteiger partial charge in [-0.05, 0) is 30.5 Å². The summed E-state index contributed by atoms with van der Waals surface area (Å²) in [5, 5.41) is 3.13. The van der Waals surface area contributed by atoms with Gasteiger partial charge in [-0.3, -0.25) is 9.69 Å². The summed E-state index contributed by atoms with van der Waals surface area (Å²) in [5.74, 6) is 0.698. The highest BCUT2D eigenvalue weighted by Crippen LogP contribution is 2.28. The zero-order valence-corrected chi connectivity index (χ0v) is 12.9. The Morgan fingerprint density at radius 3 is 3.00 bits per heavy atom. The van der Waals surface area contributed by atoms with Gasteiger partial charge in [0, 0.05) is 25.1 Å². The molecule has 3 rings (SSSR count). The summed E-state index contributed by atoms with van der Waals surface area (Å²) in [6.45, 7) is 7.85. The summed E-state index contributed by atoms with van der Waals surface area (Å²) >= 11 is 0. The van der Waals surface area contributed by atoms with E-state index in [1.165, 1.54) is 6.42 Å². The highest BCUT2D eigenvalue weighted by Gasteiger charge is 2.42. The predicted octanol–water partition coefficient (Wildman–Crippen LogP) is 2.39. The molecule has 2 aliphatic rings. The molecule has 1 saturated heterocycles. The molecule has 1 N–H and O–H groups in total. The van der Waals surface area contributed by atoms with Crippen LogP contribution in [0.5, 0.6) is 0 Å². The van der Waals surface area contributed by atoms with Gasteiger partial charge in [0.1, 0.15) is 0 Å². The molecule has 2 aliphatic heterocycles. The SMILES string of the molecule is CC(C)CCN1CCC2(C1)NC(=O)c1ccccc1CO2. The standard InChI is InChI=1S/C17H24N2O2/c1-13(2)7-9-19-10-8-17(12-19)18-16(20)15-6-4-3-5-14(15)11-21-17/h3-6,13H,7-12H2,1-2H3,(H,18,20). The third-order valence-corrected chi connectivity index (χ3v) is 4.44. The second-order valence-electron chi connectivity index (χ2n) is 6.60. The van der Waals surface area contributed by atoms with E-state index in [1.54, 1.807) is 0 Å². The number of fused-ring (bicyclic) bond motifs is 1. The number of benzene rings is 1. The second kappa shape index (κ2) is 5.78. The molecule has 2 heterocycles. The molecular weight excluding hydrogens is 264 g/mol. The fourth-order valence-corrected chi connectivity index (χ4v) is 3.10. The van der Waals surface area contributed by atoms with E-state index in [0.717, 1.165) is 37.2 Å². The Bertz CT molecular complexity index is 529. The quantitative estimate of drug-likeness (QED) is 0.928. The number of ether oxygens (including phenoxy) is 1. The third-order valence-electron chi connectivity index (χ3n) is 4.44. The van der Waals surface area contributed by atoms with Crippen LogP contribution in [0.25, 0.3) is 0 Å². The van der Waals surface area contributed by atoms with Crippen LogP contribution in [0.15, 0.2) is 24.3 Å². The lowest BCUT2D eigenvalue weighted by molar-refractivity contribution is -0.0627. The van der Waals surface area contributed by atoms with Gasteiger partial charge in [-0.15, -0.1) is 0 Å². The van der Waals surface area contributed by atoms with E-state index in [0.29, 0.717) is 12.5 Å². The molecule has 1 unspecified atom stereocenters. The van der Waals surface area contributed by atoms with E-state index >= 15 is 0 Å². The van der Waals surface area contributed by atoms with Crippen molar-refractivity contribution >= 4 is 5.91 Å². The molecule has 0 aliphatic carbocycles. The lowest BCUT2D eigenvalue weighted by Gasteiger charge is -2.29. The van der Waals surface area contributed by atoms with Gasteiger partial charge < -0.3 is 10.1 Å². The topological polar surface area (TPSA) is 41.6 Å². The average Bonchev–Trinajstić information content (AvgIpc) is 2.80.